The third-order valence-electron chi connectivity index (χ3n) is 2.68. The Hall–Kier alpha value is -0.860. The Bertz CT molecular complexity index is 264. The van der Waals surface area contributed by atoms with E-state index in [1.807, 2.05) is 0 Å². The average Bonchev–Trinajstić information content (AvgIpc) is 2.28. The van der Waals surface area contributed by atoms with Crippen molar-refractivity contribution >= 4 is 0 Å². The predicted molar refractivity (Wildman–Crippen MR) is 63.8 cm³/mol. The lowest BCUT2D eigenvalue weighted by molar-refractivity contribution is 0.230. The summed E-state index contributed by atoms with van der Waals surface area (Å²) in [5.41, 5.74) is 8.20. The SMILES string of the molecule is CCCc1ccc(CC(CN)CO)cc1. The van der Waals surface area contributed by atoms with Gasteiger partial charge in [-0.1, -0.05) is 37.6 Å². The summed E-state index contributed by atoms with van der Waals surface area (Å²) in [6, 6.07) is 8.63. The second-order valence-electron chi connectivity index (χ2n) is 4.05. The lowest BCUT2D eigenvalue weighted by Gasteiger charge is -2.11. The molecule has 1 rings (SSSR count). The third kappa shape index (κ3) is 4.02. The minimum Gasteiger partial charge on any atom is -0.396 e. The summed E-state index contributed by atoms with van der Waals surface area (Å²) >= 11 is 0. The van der Waals surface area contributed by atoms with Gasteiger partial charge < -0.3 is 10.8 Å². The number of aryl methyl sites for hydroxylation is 1. The minimum atomic E-state index is 0.174. The zero-order chi connectivity index (χ0) is 11.1. The zero-order valence-electron chi connectivity index (χ0n) is 9.45. The van der Waals surface area contributed by atoms with Gasteiger partial charge >= 0.3 is 0 Å². The van der Waals surface area contributed by atoms with Crippen LogP contribution < -0.4 is 5.73 Å². The van der Waals surface area contributed by atoms with Crippen molar-refractivity contribution in [1.82, 2.24) is 0 Å². The summed E-state index contributed by atoms with van der Waals surface area (Å²) in [6.07, 6.45) is 3.20. The standard InChI is InChI=1S/C13H21NO/c1-2-3-11-4-6-12(7-5-11)8-13(9-14)10-15/h4-7,13,15H,2-3,8-10,14H2,1H3. The van der Waals surface area contributed by atoms with E-state index in [1.54, 1.807) is 0 Å². The molecular weight excluding hydrogens is 186 g/mol. The number of benzene rings is 1. The summed E-state index contributed by atoms with van der Waals surface area (Å²) in [6.45, 7) is 2.91. The summed E-state index contributed by atoms with van der Waals surface area (Å²) in [5, 5.41) is 9.05. The van der Waals surface area contributed by atoms with Gasteiger partial charge in [0.15, 0.2) is 0 Å². The summed E-state index contributed by atoms with van der Waals surface area (Å²) in [4.78, 5) is 0. The molecular formula is C13H21NO. The first-order valence-corrected chi connectivity index (χ1v) is 5.68. The van der Waals surface area contributed by atoms with E-state index in [1.165, 1.54) is 17.5 Å². The van der Waals surface area contributed by atoms with Crippen LogP contribution in [0, 0.1) is 5.92 Å². The number of rotatable bonds is 6. The fourth-order valence-electron chi connectivity index (χ4n) is 1.69. The van der Waals surface area contributed by atoms with E-state index >= 15 is 0 Å². The molecule has 0 fully saturated rings. The Balaban J connectivity index is 2.55. The van der Waals surface area contributed by atoms with Gasteiger partial charge in [0.2, 0.25) is 0 Å². The molecule has 1 aromatic rings. The molecule has 0 aliphatic rings. The molecule has 0 heterocycles. The lowest BCUT2D eigenvalue weighted by Crippen LogP contribution is -2.20. The Morgan fingerprint density at radius 1 is 1.20 bits per heavy atom. The Labute approximate surface area is 92.1 Å². The van der Waals surface area contributed by atoms with Gasteiger partial charge in [-0.2, -0.15) is 0 Å². The van der Waals surface area contributed by atoms with Crippen LogP contribution >= 0.6 is 0 Å². The van der Waals surface area contributed by atoms with Crippen LogP contribution in [0.4, 0.5) is 0 Å². The topological polar surface area (TPSA) is 46.2 Å². The van der Waals surface area contributed by atoms with Gasteiger partial charge in [0.1, 0.15) is 0 Å². The number of nitrogens with two attached hydrogens (primary N) is 1. The molecule has 0 saturated carbocycles. The van der Waals surface area contributed by atoms with Crippen molar-refractivity contribution in [2.45, 2.75) is 26.2 Å². The van der Waals surface area contributed by atoms with Gasteiger partial charge in [0.25, 0.3) is 0 Å². The average molecular weight is 207 g/mol. The number of hydrogen-bond donors (Lipinski definition) is 2. The fourth-order valence-corrected chi connectivity index (χ4v) is 1.69. The van der Waals surface area contributed by atoms with Gasteiger partial charge in [-0.05, 0) is 36.4 Å². The highest BCUT2D eigenvalue weighted by molar-refractivity contribution is 5.23. The second-order valence-corrected chi connectivity index (χ2v) is 4.05. The summed E-state index contributed by atoms with van der Waals surface area (Å²) < 4.78 is 0. The predicted octanol–water partition coefficient (Wildman–Crippen LogP) is 1.75. The summed E-state index contributed by atoms with van der Waals surface area (Å²) in [5.74, 6) is 0.196. The molecule has 0 aromatic heterocycles. The monoisotopic (exact) mass is 207 g/mol. The van der Waals surface area contributed by atoms with E-state index in [9.17, 15) is 0 Å². The van der Waals surface area contributed by atoms with Crippen molar-refractivity contribution < 1.29 is 5.11 Å². The van der Waals surface area contributed by atoms with Crippen molar-refractivity contribution in [2.24, 2.45) is 11.7 Å². The number of aliphatic hydroxyl groups excluding tert-OH is 1. The van der Waals surface area contributed by atoms with Crippen molar-refractivity contribution in [1.29, 1.82) is 0 Å². The quantitative estimate of drug-likeness (QED) is 0.746. The maximum Gasteiger partial charge on any atom is 0.0474 e. The van der Waals surface area contributed by atoms with Gasteiger partial charge in [-0.15, -0.1) is 0 Å². The van der Waals surface area contributed by atoms with Crippen molar-refractivity contribution in [3.8, 4) is 0 Å². The van der Waals surface area contributed by atoms with Crippen molar-refractivity contribution in [3.05, 3.63) is 35.4 Å². The van der Waals surface area contributed by atoms with E-state index in [-0.39, 0.29) is 12.5 Å². The maximum absolute atomic E-state index is 9.05. The van der Waals surface area contributed by atoms with Crippen LogP contribution in [0.3, 0.4) is 0 Å². The van der Waals surface area contributed by atoms with E-state index < -0.39 is 0 Å². The van der Waals surface area contributed by atoms with Crippen LogP contribution in [-0.4, -0.2) is 18.3 Å². The molecule has 84 valence electrons. The van der Waals surface area contributed by atoms with Gasteiger partial charge in [-0.3, -0.25) is 0 Å². The highest BCUT2D eigenvalue weighted by atomic mass is 16.3. The van der Waals surface area contributed by atoms with Crippen LogP contribution in [0.2, 0.25) is 0 Å². The molecule has 0 aliphatic heterocycles. The van der Waals surface area contributed by atoms with Crippen LogP contribution in [0.1, 0.15) is 24.5 Å². The van der Waals surface area contributed by atoms with Gasteiger partial charge in [0, 0.05) is 6.61 Å². The Morgan fingerprint density at radius 3 is 2.27 bits per heavy atom. The minimum absolute atomic E-state index is 0.174. The van der Waals surface area contributed by atoms with Crippen molar-refractivity contribution in [2.75, 3.05) is 13.2 Å². The van der Waals surface area contributed by atoms with E-state index in [0.717, 1.165) is 12.8 Å². The molecule has 1 aromatic carbocycles. The maximum atomic E-state index is 9.05. The molecule has 2 nitrogen and oxygen atoms in total. The second kappa shape index (κ2) is 6.59. The molecule has 0 saturated heterocycles. The summed E-state index contributed by atoms with van der Waals surface area (Å²) in [7, 11) is 0. The van der Waals surface area contributed by atoms with E-state index in [4.69, 9.17) is 10.8 Å². The van der Waals surface area contributed by atoms with E-state index in [0.29, 0.717) is 6.54 Å². The first-order chi connectivity index (χ1) is 7.30. The highest BCUT2D eigenvalue weighted by Gasteiger charge is 2.05. The zero-order valence-corrected chi connectivity index (χ0v) is 9.45. The van der Waals surface area contributed by atoms with Gasteiger partial charge in [0.05, 0.1) is 0 Å². The lowest BCUT2D eigenvalue weighted by atomic mass is 9.98. The molecule has 1 unspecified atom stereocenters. The first kappa shape index (κ1) is 12.2. The molecule has 0 bridgehead atoms. The molecule has 1 atom stereocenters. The number of hydrogen-bond acceptors (Lipinski definition) is 2. The molecule has 0 spiro atoms. The van der Waals surface area contributed by atoms with Crippen LogP contribution in [0.5, 0.6) is 0 Å². The molecule has 0 radical (unpaired) electrons. The first-order valence-electron chi connectivity index (χ1n) is 5.68. The van der Waals surface area contributed by atoms with E-state index in [2.05, 4.69) is 31.2 Å². The highest BCUT2D eigenvalue weighted by Crippen LogP contribution is 2.10. The normalized spacial score (nSPS) is 12.7. The number of aliphatic hydroxyl groups is 1. The van der Waals surface area contributed by atoms with Crippen LogP contribution in [0.25, 0.3) is 0 Å². The van der Waals surface area contributed by atoms with Crippen molar-refractivity contribution in [3.63, 3.8) is 0 Å². The smallest absolute Gasteiger partial charge is 0.0474 e. The largest absolute Gasteiger partial charge is 0.396 e. The van der Waals surface area contributed by atoms with Gasteiger partial charge in [-0.25, -0.2) is 0 Å². The Morgan fingerprint density at radius 2 is 1.80 bits per heavy atom. The molecule has 3 N–H and O–H groups in total. The fraction of sp³-hybridized carbons (Fsp3) is 0.538. The Kier molecular flexibility index (Phi) is 5.37. The third-order valence-corrected chi connectivity index (χ3v) is 2.68. The molecule has 15 heavy (non-hydrogen) atoms. The van der Waals surface area contributed by atoms with Crippen LogP contribution in [0.15, 0.2) is 24.3 Å². The molecule has 0 aliphatic carbocycles. The molecule has 2 heteroatoms. The van der Waals surface area contributed by atoms with Crippen LogP contribution in [-0.2, 0) is 12.8 Å². The molecule has 0 amide bonds.